The molecule has 0 aromatic rings. The van der Waals surface area contributed by atoms with E-state index in [4.69, 9.17) is 13.9 Å². The van der Waals surface area contributed by atoms with Crippen molar-refractivity contribution in [1.82, 2.24) is 0 Å². The SMILES string of the molecule is COC(CO[SiH2]CN=C=O)OC. The summed E-state index contributed by atoms with van der Waals surface area (Å²) in [6.45, 7) is 0.396. The van der Waals surface area contributed by atoms with E-state index < -0.39 is 9.76 Å². The van der Waals surface area contributed by atoms with E-state index in [9.17, 15) is 4.79 Å². The van der Waals surface area contributed by atoms with Crippen LogP contribution in [0.4, 0.5) is 0 Å². The van der Waals surface area contributed by atoms with E-state index in [1.54, 1.807) is 14.2 Å². The van der Waals surface area contributed by atoms with Gasteiger partial charge in [0.15, 0.2) is 16.1 Å². The van der Waals surface area contributed by atoms with Gasteiger partial charge in [-0.25, -0.2) is 9.79 Å². The lowest BCUT2D eigenvalue weighted by atomic mass is 10.7. The predicted octanol–water partition coefficient (Wildman–Crippen LogP) is -1.00. The molecule has 0 fully saturated rings. The van der Waals surface area contributed by atoms with Crippen molar-refractivity contribution < 1.29 is 18.7 Å². The van der Waals surface area contributed by atoms with Crippen LogP contribution >= 0.6 is 0 Å². The minimum Gasteiger partial charge on any atom is -0.417 e. The Morgan fingerprint density at radius 2 is 2.17 bits per heavy atom. The number of ether oxygens (including phenoxy) is 2. The van der Waals surface area contributed by atoms with Gasteiger partial charge in [-0.1, -0.05) is 0 Å². The van der Waals surface area contributed by atoms with Crippen LogP contribution in [-0.2, 0) is 18.7 Å². The summed E-state index contributed by atoms with van der Waals surface area (Å²) in [5, 5.41) is 0. The Hall–Kier alpha value is -0.523. The fourth-order valence-electron chi connectivity index (χ4n) is 0.568. The maximum absolute atomic E-state index is 9.64. The second kappa shape index (κ2) is 8.57. The van der Waals surface area contributed by atoms with Gasteiger partial charge in [-0.3, -0.25) is 0 Å². The number of aliphatic imine (C=N–C) groups is 1. The van der Waals surface area contributed by atoms with Gasteiger partial charge in [-0.05, 0) is 0 Å². The lowest BCUT2D eigenvalue weighted by Gasteiger charge is -2.12. The van der Waals surface area contributed by atoms with Crippen LogP contribution in [0.3, 0.4) is 0 Å². The van der Waals surface area contributed by atoms with Gasteiger partial charge in [0.1, 0.15) is 0 Å². The molecule has 0 bridgehead atoms. The van der Waals surface area contributed by atoms with Crippen molar-refractivity contribution in [2.45, 2.75) is 6.29 Å². The summed E-state index contributed by atoms with van der Waals surface area (Å²) in [7, 11) is 2.34. The van der Waals surface area contributed by atoms with E-state index in [0.29, 0.717) is 12.8 Å². The molecule has 0 spiro atoms. The van der Waals surface area contributed by atoms with Gasteiger partial charge in [-0.15, -0.1) is 0 Å². The first-order valence-electron chi connectivity index (χ1n) is 3.52. The first kappa shape index (κ1) is 11.5. The minimum absolute atomic E-state index is 0.322. The minimum atomic E-state index is -0.750. The van der Waals surface area contributed by atoms with Gasteiger partial charge < -0.3 is 13.9 Å². The summed E-state index contributed by atoms with van der Waals surface area (Å²) in [5.74, 6) is 0. The monoisotopic (exact) mass is 191 g/mol. The zero-order chi connectivity index (χ0) is 9.23. The Morgan fingerprint density at radius 1 is 1.50 bits per heavy atom. The number of hydrogen-bond acceptors (Lipinski definition) is 5. The normalized spacial score (nSPS) is 10.9. The molecule has 0 amide bonds. The number of nitrogens with zero attached hydrogens (tertiary/aromatic N) is 1. The first-order valence-corrected chi connectivity index (χ1v) is 5.09. The zero-order valence-electron chi connectivity index (χ0n) is 7.28. The maximum Gasteiger partial charge on any atom is 0.234 e. The maximum atomic E-state index is 9.64. The average Bonchev–Trinajstić information content (AvgIpc) is 2.11. The molecule has 0 aromatic carbocycles. The van der Waals surface area contributed by atoms with Crippen molar-refractivity contribution in [1.29, 1.82) is 0 Å². The van der Waals surface area contributed by atoms with Crippen LogP contribution in [-0.4, -0.2) is 49.1 Å². The summed E-state index contributed by atoms with van der Waals surface area (Å²) >= 11 is 0. The van der Waals surface area contributed by atoms with Crippen molar-refractivity contribution >= 4 is 15.8 Å². The fourth-order valence-corrected chi connectivity index (χ4v) is 1.24. The molecule has 0 aromatic heterocycles. The largest absolute Gasteiger partial charge is 0.417 e. The number of carbonyl (C=O) groups excluding carboxylic acids is 1. The first-order chi connectivity index (χ1) is 5.85. The molecule has 0 unspecified atom stereocenters. The highest BCUT2D eigenvalue weighted by molar-refractivity contribution is 6.27. The van der Waals surface area contributed by atoms with Crippen molar-refractivity contribution in [2.75, 3.05) is 27.0 Å². The zero-order valence-corrected chi connectivity index (χ0v) is 8.69. The third kappa shape index (κ3) is 6.20. The van der Waals surface area contributed by atoms with E-state index in [0.717, 1.165) is 0 Å². The van der Waals surface area contributed by atoms with Crippen molar-refractivity contribution in [2.24, 2.45) is 4.99 Å². The molecule has 0 saturated heterocycles. The lowest BCUT2D eigenvalue weighted by molar-refractivity contribution is -0.121. The number of methoxy groups -OCH3 is 2. The van der Waals surface area contributed by atoms with Crippen LogP contribution in [0.5, 0.6) is 0 Å². The van der Waals surface area contributed by atoms with Gasteiger partial charge in [0.25, 0.3) is 0 Å². The fraction of sp³-hybridized carbons (Fsp3) is 0.833. The van der Waals surface area contributed by atoms with Crippen LogP contribution in [0.15, 0.2) is 4.99 Å². The van der Waals surface area contributed by atoms with Crippen LogP contribution in [0.2, 0.25) is 0 Å². The Balaban J connectivity index is 3.22. The highest BCUT2D eigenvalue weighted by atomic mass is 28.2. The second-order valence-corrected chi connectivity index (χ2v) is 3.21. The molecule has 0 aliphatic rings. The van der Waals surface area contributed by atoms with E-state index in [1.807, 2.05) is 0 Å². The Morgan fingerprint density at radius 3 is 2.67 bits per heavy atom. The molecule has 0 heterocycles. The molecule has 5 nitrogen and oxygen atoms in total. The molecule has 0 atom stereocenters. The van der Waals surface area contributed by atoms with Crippen LogP contribution in [0.25, 0.3) is 0 Å². The van der Waals surface area contributed by atoms with Crippen LogP contribution < -0.4 is 0 Å². The molecule has 0 rings (SSSR count). The van der Waals surface area contributed by atoms with Gasteiger partial charge in [0.2, 0.25) is 6.08 Å². The van der Waals surface area contributed by atoms with E-state index in [-0.39, 0.29) is 6.29 Å². The molecule has 0 saturated carbocycles. The second-order valence-electron chi connectivity index (χ2n) is 1.95. The third-order valence-corrected chi connectivity index (χ3v) is 2.12. The molecule has 6 heteroatoms. The molecule has 0 radical (unpaired) electrons. The van der Waals surface area contributed by atoms with Gasteiger partial charge >= 0.3 is 0 Å². The number of rotatable bonds is 7. The van der Waals surface area contributed by atoms with Crippen molar-refractivity contribution in [3.63, 3.8) is 0 Å². The highest BCUT2D eigenvalue weighted by Crippen LogP contribution is 1.90. The third-order valence-electron chi connectivity index (χ3n) is 1.19. The van der Waals surface area contributed by atoms with Crippen LogP contribution in [0, 0.1) is 0 Å². The van der Waals surface area contributed by atoms with Gasteiger partial charge in [0.05, 0.1) is 12.8 Å². The molecule has 0 N–H and O–H groups in total. The van der Waals surface area contributed by atoms with Gasteiger partial charge in [0, 0.05) is 14.2 Å². The molecular formula is C6H13NO4Si. The summed E-state index contributed by atoms with van der Waals surface area (Å²) < 4.78 is 14.9. The molecule has 12 heavy (non-hydrogen) atoms. The number of isocyanates is 1. The smallest absolute Gasteiger partial charge is 0.234 e. The van der Waals surface area contributed by atoms with Crippen molar-refractivity contribution in [3.8, 4) is 0 Å². The molecular weight excluding hydrogens is 178 g/mol. The standard InChI is InChI=1S/C6H13NO4Si/c1-9-6(10-2)3-11-12-5-7-4-8/h6H,3,5,12H2,1-2H3. The lowest BCUT2D eigenvalue weighted by Crippen LogP contribution is -2.22. The molecule has 70 valence electrons. The van der Waals surface area contributed by atoms with Crippen LogP contribution in [0.1, 0.15) is 0 Å². The quantitative estimate of drug-likeness (QED) is 0.170. The topological polar surface area (TPSA) is 57.1 Å². The summed E-state index contributed by atoms with van der Waals surface area (Å²) in [6, 6.07) is 0. The predicted molar refractivity (Wildman–Crippen MR) is 45.3 cm³/mol. The van der Waals surface area contributed by atoms with E-state index in [2.05, 4.69) is 4.99 Å². The van der Waals surface area contributed by atoms with Crippen molar-refractivity contribution in [3.05, 3.63) is 0 Å². The van der Waals surface area contributed by atoms with E-state index >= 15 is 0 Å². The van der Waals surface area contributed by atoms with E-state index in [1.165, 1.54) is 6.08 Å². The van der Waals surface area contributed by atoms with Gasteiger partial charge in [-0.2, -0.15) is 0 Å². The summed E-state index contributed by atoms with van der Waals surface area (Å²) in [6.07, 6.45) is 1.59. The molecule has 0 aliphatic heterocycles. The average molecular weight is 191 g/mol. The Kier molecular flexibility index (Phi) is 8.20. The Bertz CT molecular complexity index is 144. The highest BCUT2D eigenvalue weighted by Gasteiger charge is 2.03. The molecule has 0 aliphatic carbocycles. The number of hydrogen-bond donors (Lipinski definition) is 0. The summed E-state index contributed by atoms with van der Waals surface area (Å²) in [4.78, 5) is 13.0. The Labute approximate surface area is 73.7 Å². The summed E-state index contributed by atoms with van der Waals surface area (Å²) in [5.41, 5.74) is 0.